The van der Waals surface area contributed by atoms with Crippen LogP contribution in [0.25, 0.3) is 0 Å². The number of aliphatic hydroxyl groups is 1. The maximum atomic E-state index is 12.1. The molecule has 3 atom stereocenters. The average Bonchev–Trinajstić information content (AvgIpc) is 3.27. The minimum Gasteiger partial charge on any atom is -0.464 e. The Kier molecular flexibility index (Phi) is 5.61. The van der Waals surface area contributed by atoms with Crippen molar-refractivity contribution >= 4 is 11.9 Å². The number of aromatic nitrogens is 5. The highest BCUT2D eigenvalue weighted by molar-refractivity contribution is 6.00. The van der Waals surface area contributed by atoms with Gasteiger partial charge in [0.2, 0.25) is 5.69 Å². The van der Waals surface area contributed by atoms with E-state index in [-0.39, 0.29) is 24.4 Å². The first-order chi connectivity index (χ1) is 13.8. The quantitative estimate of drug-likeness (QED) is 0.546. The fraction of sp³-hybridized carbons (Fsp3) is 0.500. The number of rotatable bonds is 5. The molecule has 3 rings (SSSR count). The molecule has 0 bridgehead atoms. The number of nitrogens with one attached hydrogen (secondary N) is 1. The summed E-state index contributed by atoms with van der Waals surface area (Å²) in [6.07, 6.45) is -1.35. The molecule has 0 amide bonds. The van der Waals surface area contributed by atoms with E-state index in [1.165, 1.54) is 17.7 Å². The van der Waals surface area contributed by atoms with Crippen LogP contribution in [0.1, 0.15) is 39.2 Å². The molecule has 0 radical (unpaired) electrons. The Labute approximate surface area is 162 Å². The molecule has 1 fully saturated rings. The van der Waals surface area contributed by atoms with Gasteiger partial charge in [-0.05, 0) is 6.92 Å². The number of carbonyl (C=O) groups is 2. The normalized spacial score (nSPS) is 21.2. The molecule has 2 N–H and O–H groups in total. The van der Waals surface area contributed by atoms with E-state index in [9.17, 15) is 24.3 Å². The van der Waals surface area contributed by atoms with Crippen molar-refractivity contribution in [2.45, 2.75) is 38.3 Å². The molecule has 13 nitrogen and oxygen atoms in total. The first-order valence-corrected chi connectivity index (χ1v) is 8.52. The molecule has 0 aromatic carbocycles. The zero-order chi connectivity index (χ0) is 21.3. The third-order valence-electron chi connectivity index (χ3n) is 4.51. The lowest BCUT2D eigenvalue weighted by molar-refractivity contribution is -0.0306. The van der Waals surface area contributed by atoms with Crippen molar-refractivity contribution in [1.29, 1.82) is 0 Å². The van der Waals surface area contributed by atoms with Crippen molar-refractivity contribution in [3.8, 4) is 0 Å². The Balaban J connectivity index is 1.87. The predicted molar refractivity (Wildman–Crippen MR) is 93.3 cm³/mol. The zero-order valence-corrected chi connectivity index (χ0v) is 15.8. The molecule has 0 unspecified atom stereocenters. The second-order valence-corrected chi connectivity index (χ2v) is 6.36. The van der Waals surface area contributed by atoms with Crippen molar-refractivity contribution in [3.05, 3.63) is 44.0 Å². The van der Waals surface area contributed by atoms with Crippen LogP contribution in [0.4, 0.5) is 0 Å². The van der Waals surface area contributed by atoms with Crippen molar-refractivity contribution in [2.75, 3.05) is 14.2 Å². The van der Waals surface area contributed by atoms with Gasteiger partial charge in [-0.15, -0.1) is 5.10 Å². The molecule has 0 spiro atoms. The summed E-state index contributed by atoms with van der Waals surface area (Å²) in [7, 11) is 2.25. The van der Waals surface area contributed by atoms with Crippen LogP contribution in [0.15, 0.2) is 15.8 Å². The Morgan fingerprint density at radius 1 is 1.31 bits per heavy atom. The summed E-state index contributed by atoms with van der Waals surface area (Å²) in [6, 6.07) is 0. The highest BCUT2D eigenvalue weighted by atomic mass is 16.5. The lowest BCUT2D eigenvalue weighted by Crippen LogP contribution is -2.33. The van der Waals surface area contributed by atoms with E-state index in [4.69, 9.17) is 4.74 Å². The topological polar surface area (TPSA) is 168 Å². The molecule has 1 aliphatic rings. The summed E-state index contributed by atoms with van der Waals surface area (Å²) >= 11 is 0. The standard InChI is InChI=1S/C16H19N5O8/c1-7-5-20(16(26)17-13(7)23)10-4-8(22)9(29-10)6-21-12(15(25)28-3)11(18-19-21)14(24)27-2/h5,8-10,22H,4,6H2,1-3H3,(H,17,23,26)/t8-,9+,10+/m0/s1. The van der Waals surface area contributed by atoms with Crippen molar-refractivity contribution in [1.82, 2.24) is 24.5 Å². The number of hydrogen-bond donors (Lipinski definition) is 2. The third kappa shape index (κ3) is 3.82. The van der Waals surface area contributed by atoms with E-state index < -0.39 is 41.6 Å². The summed E-state index contributed by atoms with van der Waals surface area (Å²) in [5, 5.41) is 17.8. The number of hydrogen-bond acceptors (Lipinski definition) is 10. The molecule has 0 aliphatic carbocycles. The van der Waals surface area contributed by atoms with Crippen LogP contribution in [0.3, 0.4) is 0 Å². The highest BCUT2D eigenvalue weighted by Gasteiger charge is 2.38. The van der Waals surface area contributed by atoms with E-state index in [0.717, 1.165) is 18.9 Å². The maximum Gasteiger partial charge on any atom is 0.361 e. The number of aliphatic hydroxyl groups excluding tert-OH is 1. The monoisotopic (exact) mass is 409 g/mol. The highest BCUT2D eigenvalue weighted by Crippen LogP contribution is 2.29. The SMILES string of the molecule is COC(=O)c1nnn(C[C@H]2O[C@@H](n3cc(C)c(=O)[nH]c3=O)C[C@@H]2O)c1C(=O)OC. The Morgan fingerprint density at radius 2 is 2.00 bits per heavy atom. The molecular formula is C16H19N5O8. The smallest absolute Gasteiger partial charge is 0.361 e. The van der Waals surface area contributed by atoms with Gasteiger partial charge >= 0.3 is 17.6 Å². The summed E-state index contributed by atoms with van der Waals surface area (Å²) in [5.41, 5.74) is -1.48. The number of aryl methyl sites for hydroxylation is 1. The molecule has 3 heterocycles. The van der Waals surface area contributed by atoms with Gasteiger partial charge in [-0.2, -0.15) is 0 Å². The fourth-order valence-corrected chi connectivity index (χ4v) is 2.99. The van der Waals surface area contributed by atoms with Crippen LogP contribution in [0.2, 0.25) is 0 Å². The summed E-state index contributed by atoms with van der Waals surface area (Å²) < 4.78 is 17.2. The van der Waals surface area contributed by atoms with E-state index in [2.05, 4.69) is 24.8 Å². The molecule has 1 saturated heterocycles. The average molecular weight is 409 g/mol. The molecule has 1 aliphatic heterocycles. The Bertz CT molecular complexity index is 1050. The van der Waals surface area contributed by atoms with Crippen molar-refractivity contribution in [3.63, 3.8) is 0 Å². The number of nitrogens with zero attached hydrogens (tertiary/aromatic N) is 4. The lowest BCUT2D eigenvalue weighted by atomic mass is 10.1. The van der Waals surface area contributed by atoms with Gasteiger partial charge in [0.15, 0.2) is 5.69 Å². The Hall–Kier alpha value is -3.32. The van der Waals surface area contributed by atoms with Gasteiger partial charge in [-0.1, -0.05) is 5.21 Å². The minimum atomic E-state index is -1.02. The second kappa shape index (κ2) is 7.97. The predicted octanol–water partition coefficient (Wildman–Crippen LogP) is -1.64. The van der Waals surface area contributed by atoms with Crippen LogP contribution < -0.4 is 11.2 Å². The van der Waals surface area contributed by atoms with E-state index in [0.29, 0.717) is 5.56 Å². The largest absolute Gasteiger partial charge is 0.464 e. The summed E-state index contributed by atoms with van der Waals surface area (Å²) in [6.45, 7) is 1.38. The molecule has 29 heavy (non-hydrogen) atoms. The van der Waals surface area contributed by atoms with Crippen molar-refractivity contribution in [2.24, 2.45) is 0 Å². The number of ether oxygens (including phenoxy) is 3. The number of carbonyl (C=O) groups excluding carboxylic acids is 2. The molecule has 2 aromatic heterocycles. The number of aromatic amines is 1. The van der Waals surface area contributed by atoms with Crippen LogP contribution in [0.5, 0.6) is 0 Å². The molecule has 2 aromatic rings. The van der Waals surface area contributed by atoms with Gasteiger partial charge in [-0.25, -0.2) is 19.1 Å². The first-order valence-electron chi connectivity index (χ1n) is 8.52. The van der Waals surface area contributed by atoms with Gasteiger partial charge in [-0.3, -0.25) is 14.3 Å². The number of H-pyrrole nitrogens is 1. The summed E-state index contributed by atoms with van der Waals surface area (Å²) in [4.78, 5) is 49.6. The van der Waals surface area contributed by atoms with Gasteiger partial charge in [0.05, 0.1) is 26.9 Å². The first kappa shape index (κ1) is 20.4. The van der Waals surface area contributed by atoms with Gasteiger partial charge in [0, 0.05) is 18.2 Å². The third-order valence-corrected chi connectivity index (χ3v) is 4.51. The maximum absolute atomic E-state index is 12.1. The van der Waals surface area contributed by atoms with Crippen LogP contribution in [0, 0.1) is 6.92 Å². The van der Waals surface area contributed by atoms with Gasteiger partial charge in [0.25, 0.3) is 5.56 Å². The van der Waals surface area contributed by atoms with E-state index in [1.807, 2.05) is 0 Å². The molecule has 0 saturated carbocycles. The molecular weight excluding hydrogens is 390 g/mol. The second-order valence-electron chi connectivity index (χ2n) is 6.36. The lowest BCUT2D eigenvalue weighted by Gasteiger charge is -2.17. The van der Waals surface area contributed by atoms with Crippen LogP contribution >= 0.6 is 0 Å². The van der Waals surface area contributed by atoms with Crippen molar-refractivity contribution < 1.29 is 28.9 Å². The number of esters is 2. The van der Waals surface area contributed by atoms with E-state index >= 15 is 0 Å². The number of methoxy groups -OCH3 is 2. The van der Waals surface area contributed by atoms with Gasteiger partial charge < -0.3 is 19.3 Å². The molecule has 156 valence electrons. The van der Waals surface area contributed by atoms with E-state index in [1.54, 1.807) is 0 Å². The van der Waals surface area contributed by atoms with Gasteiger partial charge in [0.1, 0.15) is 12.3 Å². The van der Waals surface area contributed by atoms with Crippen LogP contribution in [-0.4, -0.2) is 68.0 Å². The molecule has 13 heteroatoms. The van der Waals surface area contributed by atoms with Crippen LogP contribution in [-0.2, 0) is 20.8 Å². The summed E-state index contributed by atoms with van der Waals surface area (Å²) in [5.74, 6) is -1.75. The Morgan fingerprint density at radius 3 is 2.66 bits per heavy atom. The zero-order valence-electron chi connectivity index (χ0n) is 15.8. The minimum absolute atomic E-state index is 0.0577. The fourth-order valence-electron chi connectivity index (χ4n) is 2.99.